The van der Waals surface area contributed by atoms with Gasteiger partial charge in [0.05, 0.1) is 43.7 Å². The molecule has 0 bridgehead atoms. The Labute approximate surface area is 264 Å². The van der Waals surface area contributed by atoms with E-state index in [0.717, 1.165) is 12.0 Å². The second-order valence-electron chi connectivity index (χ2n) is 11.8. The molecule has 0 radical (unpaired) electrons. The van der Waals surface area contributed by atoms with Gasteiger partial charge in [0.15, 0.2) is 6.29 Å². The summed E-state index contributed by atoms with van der Waals surface area (Å²) in [5.41, 5.74) is 0.894. The number of amides is 1. The molecule has 2 aromatic carbocycles. The number of aliphatic hydroxyl groups excluding tert-OH is 1. The van der Waals surface area contributed by atoms with Crippen LogP contribution in [0.5, 0.6) is 5.75 Å². The summed E-state index contributed by atoms with van der Waals surface area (Å²) in [4.78, 5) is 27.5. The normalized spacial score (nSPS) is 24.4. The molecule has 1 N–H and O–H groups in total. The molecule has 0 saturated carbocycles. The molecule has 3 aliphatic heterocycles. The third-order valence-electron chi connectivity index (χ3n) is 8.86. The molecule has 3 saturated heterocycles. The lowest BCUT2D eigenvalue weighted by Gasteiger charge is -2.33. The van der Waals surface area contributed by atoms with Crippen LogP contribution in [-0.4, -0.2) is 99.1 Å². The van der Waals surface area contributed by atoms with Crippen LogP contribution in [0.3, 0.4) is 0 Å². The van der Waals surface area contributed by atoms with Gasteiger partial charge in [0.1, 0.15) is 11.9 Å². The summed E-state index contributed by atoms with van der Waals surface area (Å²) in [6.45, 7) is 4.54. The van der Waals surface area contributed by atoms with Crippen LogP contribution in [0.15, 0.2) is 72.1 Å². The lowest BCUT2D eigenvalue weighted by atomic mass is 9.90. The van der Waals surface area contributed by atoms with E-state index in [0.29, 0.717) is 38.2 Å². The summed E-state index contributed by atoms with van der Waals surface area (Å²) in [7, 11) is -2.63. The lowest BCUT2D eigenvalue weighted by Crippen LogP contribution is -2.48. The van der Waals surface area contributed by atoms with Crippen molar-refractivity contribution in [1.29, 1.82) is 0 Å². The molecule has 12 heteroatoms. The molecule has 0 unspecified atom stereocenters. The van der Waals surface area contributed by atoms with Gasteiger partial charge in [0, 0.05) is 38.0 Å². The van der Waals surface area contributed by atoms with Crippen molar-refractivity contribution in [2.45, 2.75) is 61.5 Å². The first kappa shape index (κ1) is 33.1. The zero-order chi connectivity index (χ0) is 32.0. The molecule has 3 aliphatic rings. The van der Waals surface area contributed by atoms with Crippen LogP contribution in [0.1, 0.15) is 31.2 Å². The van der Waals surface area contributed by atoms with Gasteiger partial charge >= 0.3 is 5.97 Å². The zero-order valence-corrected chi connectivity index (χ0v) is 26.3. The summed E-state index contributed by atoms with van der Waals surface area (Å²) in [5.74, 6) is -0.731. The van der Waals surface area contributed by atoms with E-state index in [1.807, 2.05) is 30.3 Å². The molecule has 45 heavy (non-hydrogen) atoms. The number of fused-ring (bicyclic) bond motifs is 1. The number of hydrogen-bond donors (Lipinski definition) is 1. The minimum absolute atomic E-state index is 0.0179. The number of aliphatic hydroxyl groups is 1. The number of esters is 1. The number of hydrogen-bond acceptors (Lipinski definition) is 9. The predicted octanol–water partition coefficient (Wildman–Crippen LogP) is 2.78. The van der Waals surface area contributed by atoms with Crippen molar-refractivity contribution in [3.05, 3.63) is 72.8 Å². The number of sulfonamides is 1. The summed E-state index contributed by atoms with van der Waals surface area (Å²) in [5, 5.41) is 11.7. The van der Waals surface area contributed by atoms with Gasteiger partial charge in [-0.25, -0.2) is 8.42 Å². The number of nitrogens with zero attached hydrogens (tertiary/aromatic N) is 2. The van der Waals surface area contributed by atoms with Crippen LogP contribution >= 0.6 is 0 Å². The van der Waals surface area contributed by atoms with Crippen LogP contribution in [0.2, 0.25) is 0 Å². The van der Waals surface area contributed by atoms with E-state index in [1.165, 1.54) is 23.5 Å². The van der Waals surface area contributed by atoms with Crippen LogP contribution < -0.4 is 4.74 Å². The van der Waals surface area contributed by atoms with Gasteiger partial charge in [-0.1, -0.05) is 36.4 Å². The Hall–Kier alpha value is -3.29. The highest BCUT2D eigenvalue weighted by Crippen LogP contribution is 2.34. The van der Waals surface area contributed by atoms with E-state index in [4.69, 9.17) is 18.9 Å². The van der Waals surface area contributed by atoms with Gasteiger partial charge in [0.2, 0.25) is 15.9 Å². The Balaban J connectivity index is 1.38. The van der Waals surface area contributed by atoms with E-state index in [9.17, 15) is 23.1 Å². The van der Waals surface area contributed by atoms with Crippen molar-refractivity contribution in [2.75, 3.05) is 40.0 Å². The molecule has 2 aromatic rings. The van der Waals surface area contributed by atoms with E-state index >= 15 is 0 Å². The predicted molar refractivity (Wildman–Crippen MR) is 165 cm³/mol. The highest BCUT2D eigenvalue weighted by atomic mass is 32.2. The number of methoxy groups -OCH3 is 1. The topological polar surface area (TPSA) is 132 Å². The molecule has 3 fully saturated rings. The largest absolute Gasteiger partial charge is 0.497 e. The van der Waals surface area contributed by atoms with Crippen molar-refractivity contribution < 1.29 is 42.1 Å². The molecular formula is C33H42N2O9S. The second-order valence-corrected chi connectivity index (χ2v) is 13.7. The van der Waals surface area contributed by atoms with Gasteiger partial charge in [0.25, 0.3) is 0 Å². The van der Waals surface area contributed by atoms with E-state index in [1.54, 1.807) is 23.1 Å². The maximum atomic E-state index is 14.1. The highest BCUT2D eigenvalue weighted by Gasteiger charge is 2.44. The van der Waals surface area contributed by atoms with Gasteiger partial charge in [-0.2, -0.15) is 4.31 Å². The van der Waals surface area contributed by atoms with Gasteiger partial charge < -0.3 is 29.0 Å². The van der Waals surface area contributed by atoms with E-state index in [2.05, 4.69) is 6.58 Å². The fourth-order valence-corrected chi connectivity index (χ4v) is 7.87. The minimum atomic E-state index is -4.12. The summed E-state index contributed by atoms with van der Waals surface area (Å²) >= 11 is 0. The number of rotatable bonds is 15. The van der Waals surface area contributed by atoms with Crippen molar-refractivity contribution in [3.8, 4) is 5.75 Å². The average molecular weight is 643 g/mol. The molecule has 11 nitrogen and oxygen atoms in total. The molecule has 0 aliphatic carbocycles. The molecule has 6 atom stereocenters. The molecule has 0 spiro atoms. The summed E-state index contributed by atoms with van der Waals surface area (Å²) in [6.07, 6.45) is 1.33. The number of carbonyl (C=O) groups is 2. The highest BCUT2D eigenvalue weighted by molar-refractivity contribution is 7.89. The second kappa shape index (κ2) is 14.9. The summed E-state index contributed by atoms with van der Waals surface area (Å²) in [6, 6.07) is 15.1. The quantitative estimate of drug-likeness (QED) is 0.230. The first-order chi connectivity index (χ1) is 21.7. The maximum Gasteiger partial charge on any atom is 0.306 e. The Bertz CT molecular complexity index is 1420. The third kappa shape index (κ3) is 7.93. The fourth-order valence-electron chi connectivity index (χ4n) is 6.37. The van der Waals surface area contributed by atoms with E-state index in [-0.39, 0.29) is 49.1 Å². The number of ether oxygens (including phenoxy) is 4. The van der Waals surface area contributed by atoms with Crippen LogP contribution in [0.4, 0.5) is 0 Å². The van der Waals surface area contributed by atoms with Crippen LogP contribution in [0.25, 0.3) is 0 Å². The van der Waals surface area contributed by atoms with Gasteiger partial charge in [-0.15, -0.1) is 6.58 Å². The van der Waals surface area contributed by atoms with Crippen molar-refractivity contribution in [3.63, 3.8) is 0 Å². The molecule has 3 heterocycles. The standard InChI is InChI=1S/C33H42N2O9S/c1-3-16-35-25(9-14-31(35)37)20-34(45(39,40)27-12-10-26(41-2)11-13-27)21-29(36)24(18-23-7-5-4-6-8-23)19-32(38)44-30-22-43-33-28(30)15-17-42-33/h3-8,10-13,24-25,28-30,33,36H,1,9,14-22H2,2H3/t24-,25-,28+,29-,30+,33-/m1/s1. The Morgan fingerprint density at radius 1 is 1.16 bits per heavy atom. The molecule has 5 rings (SSSR count). The van der Waals surface area contributed by atoms with Gasteiger partial charge in [-0.05, 0) is 49.1 Å². The summed E-state index contributed by atoms with van der Waals surface area (Å²) < 4.78 is 51.6. The zero-order valence-electron chi connectivity index (χ0n) is 25.5. The smallest absolute Gasteiger partial charge is 0.306 e. The Morgan fingerprint density at radius 3 is 2.62 bits per heavy atom. The third-order valence-corrected chi connectivity index (χ3v) is 10.7. The first-order valence-corrected chi connectivity index (χ1v) is 16.8. The first-order valence-electron chi connectivity index (χ1n) is 15.4. The number of carbonyl (C=O) groups excluding carboxylic acids is 2. The Morgan fingerprint density at radius 2 is 1.91 bits per heavy atom. The SMILES string of the molecule is C=CCN1C(=O)CC[C@@H]1CN(C[C@@H](O)[C@@H](CC(=O)O[C@H]1CO[C@H]2OCC[C@H]21)Cc1ccccc1)S(=O)(=O)c1ccc(OC)cc1. The number of likely N-dealkylation sites (tertiary alicyclic amines) is 1. The van der Waals surface area contributed by atoms with Crippen molar-refractivity contribution in [1.82, 2.24) is 9.21 Å². The molecule has 244 valence electrons. The number of benzene rings is 2. The maximum absolute atomic E-state index is 14.1. The average Bonchev–Trinajstić information content (AvgIpc) is 3.75. The molecule has 1 amide bonds. The minimum Gasteiger partial charge on any atom is -0.497 e. The Kier molecular flexibility index (Phi) is 10.9. The van der Waals surface area contributed by atoms with Gasteiger partial charge in [-0.3, -0.25) is 9.59 Å². The van der Waals surface area contributed by atoms with Crippen LogP contribution in [0, 0.1) is 11.8 Å². The monoisotopic (exact) mass is 642 g/mol. The molecular weight excluding hydrogens is 600 g/mol. The van der Waals surface area contributed by atoms with E-state index < -0.39 is 40.2 Å². The van der Waals surface area contributed by atoms with Crippen molar-refractivity contribution >= 4 is 21.9 Å². The van der Waals surface area contributed by atoms with Crippen LogP contribution in [-0.2, 0) is 40.2 Å². The lowest BCUT2D eigenvalue weighted by molar-refractivity contribution is -0.153. The molecule has 0 aromatic heterocycles. The fraction of sp³-hybridized carbons (Fsp3) is 0.515. The van der Waals surface area contributed by atoms with Crippen molar-refractivity contribution in [2.24, 2.45) is 11.8 Å².